The summed E-state index contributed by atoms with van der Waals surface area (Å²) in [5, 5.41) is 0. The predicted octanol–water partition coefficient (Wildman–Crippen LogP) is 3.00. The number of ether oxygens (including phenoxy) is 2. The van der Waals surface area contributed by atoms with Gasteiger partial charge < -0.3 is 14.4 Å². The summed E-state index contributed by atoms with van der Waals surface area (Å²) in [6.45, 7) is 1.29. The third-order valence-corrected chi connectivity index (χ3v) is 3.33. The molecule has 0 bridgehead atoms. The molecule has 0 atom stereocenters. The van der Waals surface area contributed by atoms with E-state index in [0.29, 0.717) is 18.7 Å². The number of anilines is 2. The SMILES string of the molecule is COC(=O)c1ccccc1N1CCOc2ccccc21. The number of benzene rings is 2. The predicted molar refractivity (Wildman–Crippen MR) is 76.7 cm³/mol. The minimum absolute atomic E-state index is 0.329. The van der Waals surface area contributed by atoms with E-state index >= 15 is 0 Å². The first-order valence-corrected chi connectivity index (χ1v) is 6.48. The van der Waals surface area contributed by atoms with Gasteiger partial charge >= 0.3 is 5.97 Å². The Labute approximate surface area is 117 Å². The molecule has 0 aliphatic carbocycles. The lowest BCUT2D eigenvalue weighted by atomic mass is 10.1. The molecule has 1 heterocycles. The molecule has 0 aromatic heterocycles. The Morgan fingerprint density at radius 2 is 1.80 bits per heavy atom. The molecule has 0 saturated carbocycles. The fraction of sp³-hybridized carbons (Fsp3) is 0.188. The lowest BCUT2D eigenvalue weighted by Gasteiger charge is -2.32. The summed E-state index contributed by atoms with van der Waals surface area (Å²) >= 11 is 0. The molecule has 2 aromatic rings. The number of fused-ring (bicyclic) bond motifs is 1. The van der Waals surface area contributed by atoms with Crippen LogP contribution in [-0.4, -0.2) is 26.2 Å². The summed E-state index contributed by atoms with van der Waals surface area (Å²) < 4.78 is 10.5. The van der Waals surface area contributed by atoms with E-state index in [0.717, 1.165) is 17.1 Å². The number of carbonyl (C=O) groups excluding carboxylic acids is 1. The van der Waals surface area contributed by atoms with Crippen LogP contribution in [0.25, 0.3) is 0 Å². The van der Waals surface area contributed by atoms with E-state index in [-0.39, 0.29) is 5.97 Å². The average Bonchev–Trinajstić information content (AvgIpc) is 2.53. The largest absolute Gasteiger partial charge is 0.490 e. The van der Waals surface area contributed by atoms with Crippen molar-refractivity contribution in [2.24, 2.45) is 0 Å². The highest BCUT2D eigenvalue weighted by molar-refractivity contribution is 5.97. The van der Waals surface area contributed by atoms with Crippen molar-refractivity contribution in [3.63, 3.8) is 0 Å². The third-order valence-electron chi connectivity index (χ3n) is 3.33. The molecule has 20 heavy (non-hydrogen) atoms. The van der Waals surface area contributed by atoms with Gasteiger partial charge in [-0.25, -0.2) is 4.79 Å². The second kappa shape index (κ2) is 5.25. The molecule has 3 rings (SSSR count). The Morgan fingerprint density at radius 3 is 2.60 bits per heavy atom. The van der Waals surface area contributed by atoms with Crippen molar-refractivity contribution < 1.29 is 14.3 Å². The van der Waals surface area contributed by atoms with Crippen LogP contribution in [-0.2, 0) is 4.74 Å². The van der Waals surface area contributed by atoms with E-state index < -0.39 is 0 Å². The van der Waals surface area contributed by atoms with Gasteiger partial charge in [0.1, 0.15) is 12.4 Å². The Morgan fingerprint density at radius 1 is 1.10 bits per heavy atom. The third kappa shape index (κ3) is 2.09. The van der Waals surface area contributed by atoms with Crippen LogP contribution in [0.15, 0.2) is 48.5 Å². The number of carbonyl (C=O) groups is 1. The van der Waals surface area contributed by atoms with Crippen molar-refractivity contribution in [3.8, 4) is 5.75 Å². The zero-order valence-electron chi connectivity index (χ0n) is 11.2. The lowest BCUT2D eigenvalue weighted by molar-refractivity contribution is 0.0601. The number of hydrogen-bond donors (Lipinski definition) is 0. The molecule has 4 nitrogen and oxygen atoms in total. The van der Waals surface area contributed by atoms with E-state index in [1.54, 1.807) is 6.07 Å². The number of nitrogens with zero attached hydrogens (tertiary/aromatic N) is 1. The minimum Gasteiger partial charge on any atom is -0.490 e. The molecule has 2 aromatic carbocycles. The molecule has 4 heteroatoms. The molecule has 102 valence electrons. The molecule has 0 amide bonds. The zero-order chi connectivity index (χ0) is 13.9. The number of rotatable bonds is 2. The summed E-state index contributed by atoms with van der Waals surface area (Å²) in [4.78, 5) is 14.0. The van der Waals surface area contributed by atoms with Gasteiger partial charge in [-0.2, -0.15) is 0 Å². The maximum absolute atomic E-state index is 11.9. The van der Waals surface area contributed by atoms with E-state index in [2.05, 4.69) is 4.90 Å². The van der Waals surface area contributed by atoms with Crippen molar-refractivity contribution in [2.45, 2.75) is 0 Å². The van der Waals surface area contributed by atoms with Gasteiger partial charge in [0, 0.05) is 0 Å². The minimum atomic E-state index is -0.329. The Balaban J connectivity index is 2.09. The van der Waals surface area contributed by atoms with Crippen LogP contribution in [0.2, 0.25) is 0 Å². The van der Waals surface area contributed by atoms with E-state index in [9.17, 15) is 4.79 Å². The Bertz CT molecular complexity index is 639. The second-order valence-corrected chi connectivity index (χ2v) is 4.48. The normalized spacial score (nSPS) is 13.3. The standard InChI is InChI=1S/C16H15NO3/c1-19-16(18)12-6-2-3-7-13(12)17-10-11-20-15-9-5-4-8-14(15)17/h2-9H,10-11H2,1H3. The van der Waals surface area contributed by atoms with Gasteiger partial charge in [-0.05, 0) is 24.3 Å². The molecule has 0 spiro atoms. The zero-order valence-corrected chi connectivity index (χ0v) is 11.2. The van der Waals surface area contributed by atoms with Gasteiger partial charge in [0.2, 0.25) is 0 Å². The van der Waals surface area contributed by atoms with Gasteiger partial charge in [0.25, 0.3) is 0 Å². The van der Waals surface area contributed by atoms with Crippen LogP contribution in [0, 0.1) is 0 Å². The summed E-state index contributed by atoms with van der Waals surface area (Å²) in [6.07, 6.45) is 0. The first-order valence-electron chi connectivity index (χ1n) is 6.48. The maximum Gasteiger partial charge on any atom is 0.339 e. The van der Waals surface area contributed by atoms with Gasteiger partial charge in [0.15, 0.2) is 0 Å². The van der Waals surface area contributed by atoms with Crippen LogP contribution in [0.3, 0.4) is 0 Å². The Kier molecular flexibility index (Phi) is 3.29. The molecule has 0 saturated heterocycles. The molecule has 0 unspecified atom stereocenters. The highest BCUT2D eigenvalue weighted by Crippen LogP contribution is 2.37. The Hall–Kier alpha value is -2.49. The monoisotopic (exact) mass is 269 g/mol. The van der Waals surface area contributed by atoms with Gasteiger partial charge in [-0.3, -0.25) is 0 Å². The molecular formula is C16H15NO3. The van der Waals surface area contributed by atoms with Crippen molar-refractivity contribution in [3.05, 3.63) is 54.1 Å². The number of esters is 1. The van der Waals surface area contributed by atoms with Gasteiger partial charge in [-0.1, -0.05) is 24.3 Å². The quantitative estimate of drug-likeness (QED) is 0.786. The first kappa shape index (κ1) is 12.5. The number of para-hydroxylation sites is 3. The molecule has 1 aliphatic heterocycles. The maximum atomic E-state index is 11.9. The van der Waals surface area contributed by atoms with Crippen molar-refractivity contribution in [1.82, 2.24) is 0 Å². The van der Waals surface area contributed by atoms with Crippen molar-refractivity contribution in [1.29, 1.82) is 0 Å². The molecule has 0 fully saturated rings. The molecule has 0 N–H and O–H groups in total. The number of methoxy groups -OCH3 is 1. The van der Waals surface area contributed by atoms with E-state index in [1.807, 2.05) is 42.5 Å². The van der Waals surface area contributed by atoms with Crippen LogP contribution in [0.1, 0.15) is 10.4 Å². The lowest BCUT2D eigenvalue weighted by Crippen LogP contribution is -2.29. The van der Waals surface area contributed by atoms with E-state index in [1.165, 1.54) is 7.11 Å². The van der Waals surface area contributed by atoms with E-state index in [4.69, 9.17) is 9.47 Å². The van der Waals surface area contributed by atoms with Gasteiger partial charge in [0.05, 0.1) is 30.6 Å². The smallest absolute Gasteiger partial charge is 0.339 e. The average molecular weight is 269 g/mol. The van der Waals surface area contributed by atoms with Crippen molar-refractivity contribution >= 4 is 17.3 Å². The van der Waals surface area contributed by atoms with Crippen LogP contribution < -0.4 is 9.64 Å². The summed E-state index contributed by atoms with van der Waals surface area (Å²) in [5.41, 5.74) is 2.37. The first-order chi connectivity index (χ1) is 9.81. The molecule has 1 aliphatic rings. The van der Waals surface area contributed by atoms with Crippen LogP contribution >= 0.6 is 0 Å². The van der Waals surface area contributed by atoms with Crippen LogP contribution in [0.4, 0.5) is 11.4 Å². The summed E-state index contributed by atoms with van der Waals surface area (Å²) in [5.74, 6) is 0.503. The second-order valence-electron chi connectivity index (χ2n) is 4.48. The fourth-order valence-corrected chi connectivity index (χ4v) is 2.41. The topological polar surface area (TPSA) is 38.8 Å². The molecule has 0 radical (unpaired) electrons. The van der Waals surface area contributed by atoms with Crippen LogP contribution in [0.5, 0.6) is 5.75 Å². The summed E-state index contributed by atoms with van der Waals surface area (Å²) in [7, 11) is 1.40. The highest BCUT2D eigenvalue weighted by Gasteiger charge is 2.23. The molecular weight excluding hydrogens is 254 g/mol. The summed E-state index contributed by atoms with van der Waals surface area (Å²) in [6, 6.07) is 15.3. The van der Waals surface area contributed by atoms with Gasteiger partial charge in [-0.15, -0.1) is 0 Å². The highest BCUT2D eigenvalue weighted by atomic mass is 16.5. The number of hydrogen-bond acceptors (Lipinski definition) is 4. The van der Waals surface area contributed by atoms with Crippen molar-refractivity contribution in [2.75, 3.05) is 25.2 Å². The fourth-order valence-electron chi connectivity index (χ4n) is 2.41.